The van der Waals surface area contributed by atoms with E-state index in [1.807, 2.05) is 13.0 Å². The summed E-state index contributed by atoms with van der Waals surface area (Å²) in [7, 11) is -2.35. The highest BCUT2D eigenvalue weighted by atomic mass is 35.5. The molecule has 0 aromatic heterocycles. The molecule has 8 nitrogen and oxygen atoms in total. The fraction of sp³-hybridized carbons (Fsp3) is 0.440. The molecule has 1 N–H and O–H groups in total. The molecule has 0 aliphatic carbocycles. The quantitative estimate of drug-likeness (QED) is 0.366. The summed E-state index contributed by atoms with van der Waals surface area (Å²) in [5.41, 5.74) is 0.893. The first kappa shape index (κ1) is 29.7. The van der Waals surface area contributed by atoms with Crippen LogP contribution in [0.1, 0.15) is 38.7 Å². The summed E-state index contributed by atoms with van der Waals surface area (Å²) in [6.07, 6.45) is 3.06. The molecule has 0 aliphatic heterocycles. The zero-order valence-electron chi connectivity index (χ0n) is 21.0. The van der Waals surface area contributed by atoms with Gasteiger partial charge in [-0.15, -0.1) is 0 Å². The number of ether oxygens (including phenoxy) is 1. The van der Waals surface area contributed by atoms with E-state index in [4.69, 9.17) is 27.9 Å². The largest absolute Gasteiger partial charge is 0.497 e. The molecule has 2 aromatic rings. The van der Waals surface area contributed by atoms with E-state index in [9.17, 15) is 18.0 Å². The van der Waals surface area contributed by atoms with Crippen molar-refractivity contribution in [2.24, 2.45) is 0 Å². The summed E-state index contributed by atoms with van der Waals surface area (Å²) in [5, 5.41) is 3.34. The molecule has 0 radical (unpaired) electrons. The minimum Gasteiger partial charge on any atom is -0.497 e. The Kier molecular flexibility index (Phi) is 11.3. The molecule has 0 saturated carbocycles. The molecule has 0 fully saturated rings. The van der Waals surface area contributed by atoms with Crippen molar-refractivity contribution in [1.29, 1.82) is 0 Å². The van der Waals surface area contributed by atoms with Crippen LogP contribution in [0.2, 0.25) is 10.0 Å². The van der Waals surface area contributed by atoms with Gasteiger partial charge in [0.25, 0.3) is 0 Å². The molecule has 2 rings (SSSR count). The third-order valence-electron chi connectivity index (χ3n) is 5.52. The second-order valence-corrected chi connectivity index (χ2v) is 11.1. The molecular formula is C25H33Cl2N3O5S. The Morgan fingerprint density at radius 2 is 1.75 bits per heavy atom. The number of nitrogens with one attached hydrogen (secondary N) is 1. The van der Waals surface area contributed by atoms with Gasteiger partial charge in [0.2, 0.25) is 21.8 Å². The van der Waals surface area contributed by atoms with E-state index in [2.05, 4.69) is 5.32 Å². The van der Waals surface area contributed by atoms with E-state index in [1.54, 1.807) is 25.1 Å². The zero-order chi connectivity index (χ0) is 26.9. The predicted molar refractivity (Wildman–Crippen MR) is 144 cm³/mol. The lowest BCUT2D eigenvalue weighted by Gasteiger charge is -2.33. The lowest BCUT2D eigenvalue weighted by atomic mass is 10.1. The molecule has 0 spiro atoms. The van der Waals surface area contributed by atoms with E-state index in [0.717, 1.165) is 29.0 Å². The van der Waals surface area contributed by atoms with Gasteiger partial charge in [-0.05, 0) is 48.7 Å². The smallest absolute Gasteiger partial charge is 0.244 e. The summed E-state index contributed by atoms with van der Waals surface area (Å²) in [6, 6.07) is 10.7. The number of sulfonamides is 1. The lowest BCUT2D eigenvalue weighted by molar-refractivity contribution is -0.140. The number of anilines is 1. The van der Waals surface area contributed by atoms with Crippen molar-refractivity contribution >= 4 is 50.7 Å². The van der Waals surface area contributed by atoms with Gasteiger partial charge in [-0.3, -0.25) is 13.9 Å². The molecular weight excluding hydrogens is 525 g/mol. The van der Waals surface area contributed by atoms with Gasteiger partial charge in [0.05, 0.1) is 19.1 Å². The van der Waals surface area contributed by atoms with Crippen LogP contribution >= 0.6 is 23.2 Å². The van der Waals surface area contributed by atoms with Crippen LogP contribution in [0.3, 0.4) is 0 Å². The highest BCUT2D eigenvalue weighted by Crippen LogP contribution is 2.27. The van der Waals surface area contributed by atoms with Crippen molar-refractivity contribution in [2.45, 2.75) is 45.7 Å². The third-order valence-corrected chi connectivity index (χ3v) is 7.09. The van der Waals surface area contributed by atoms with Crippen LogP contribution in [0.25, 0.3) is 0 Å². The third kappa shape index (κ3) is 8.57. The van der Waals surface area contributed by atoms with Crippen LogP contribution in [-0.4, -0.2) is 57.6 Å². The van der Waals surface area contributed by atoms with Crippen LogP contribution < -0.4 is 14.4 Å². The molecule has 0 aliphatic rings. The van der Waals surface area contributed by atoms with E-state index in [0.29, 0.717) is 18.7 Å². The highest BCUT2D eigenvalue weighted by Gasteiger charge is 2.31. The van der Waals surface area contributed by atoms with Crippen LogP contribution in [-0.2, 0) is 26.2 Å². The Hall–Kier alpha value is -2.49. The average Bonchev–Trinajstić information content (AvgIpc) is 2.81. The van der Waals surface area contributed by atoms with Crippen LogP contribution in [0.4, 0.5) is 5.69 Å². The number of methoxy groups -OCH3 is 1. The van der Waals surface area contributed by atoms with Crippen molar-refractivity contribution in [3.63, 3.8) is 0 Å². The molecule has 198 valence electrons. The molecule has 2 aromatic carbocycles. The fourth-order valence-electron chi connectivity index (χ4n) is 3.69. The molecule has 0 saturated heterocycles. The first-order chi connectivity index (χ1) is 17.0. The molecule has 2 amide bonds. The van der Waals surface area contributed by atoms with Gasteiger partial charge in [-0.1, -0.05) is 55.6 Å². The van der Waals surface area contributed by atoms with Crippen molar-refractivity contribution in [3.8, 4) is 5.75 Å². The summed E-state index contributed by atoms with van der Waals surface area (Å²) >= 11 is 12.2. The van der Waals surface area contributed by atoms with E-state index in [-0.39, 0.29) is 28.2 Å². The van der Waals surface area contributed by atoms with Gasteiger partial charge in [-0.2, -0.15) is 0 Å². The number of unbranched alkanes of at least 4 members (excludes halogenated alkanes) is 1. The monoisotopic (exact) mass is 557 g/mol. The number of amides is 2. The average molecular weight is 559 g/mol. The Morgan fingerprint density at radius 1 is 1.08 bits per heavy atom. The number of rotatable bonds is 13. The van der Waals surface area contributed by atoms with Crippen LogP contribution in [0.15, 0.2) is 42.5 Å². The second-order valence-electron chi connectivity index (χ2n) is 8.34. The second kappa shape index (κ2) is 13.7. The van der Waals surface area contributed by atoms with Gasteiger partial charge >= 0.3 is 0 Å². The van der Waals surface area contributed by atoms with Crippen molar-refractivity contribution in [3.05, 3.63) is 58.1 Å². The molecule has 0 bridgehead atoms. The summed E-state index contributed by atoms with van der Waals surface area (Å²) in [5.74, 6) is -0.234. The SMILES string of the molecule is CCCCNC(=O)[C@@H](CC)N(Cc1cccc(OC)c1)C(=O)CN(c1cc(Cl)cc(Cl)c1)S(C)(=O)=O. The Bertz CT molecular complexity index is 1140. The van der Waals surface area contributed by atoms with Gasteiger partial charge in [-0.25, -0.2) is 8.42 Å². The fourth-order valence-corrected chi connectivity index (χ4v) is 5.04. The lowest BCUT2D eigenvalue weighted by Crippen LogP contribution is -2.52. The molecule has 0 unspecified atom stereocenters. The molecule has 1 atom stereocenters. The summed E-state index contributed by atoms with van der Waals surface area (Å²) in [4.78, 5) is 28.1. The highest BCUT2D eigenvalue weighted by molar-refractivity contribution is 7.92. The van der Waals surface area contributed by atoms with Crippen LogP contribution in [0, 0.1) is 0 Å². The molecule has 11 heteroatoms. The normalized spacial score (nSPS) is 12.1. The first-order valence-corrected chi connectivity index (χ1v) is 14.2. The maximum Gasteiger partial charge on any atom is 0.244 e. The van der Waals surface area contributed by atoms with Crippen LogP contribution in [0.5, 0.6) is 5.75 Å². The van der Waals surface area contributed by atoms with E-state index >= 15 is 0 Å². The molecule has 0 heterocycles. The van der Waals surface area contributed by atoms with E-state index in [1.165, 1.54) is 30.2 Å². The number of nitrogens with zero attached hydrogens (tertiary/aromatic N) is 2. The Morgan fingerprint density at radius 3 is 2.31 bits per heavy atom. The van der Waals surface area contributed by atoms with Crippen molar-refractivity contribution in [2.75, 3.05) is 30.8 Å². The summed E-state index contributed by atoms with van der Waals surface area (Å²) < 4.78 is 31.6. The predicted octanol–water partition coefficient (Wildman–Crippen LogP) is 4.49. The van der Waals surface area contributed by atoms with Gasteiger partial charge in [0.1, 0.15) is 18.3 Å². The maximum atomic E-state index is 13.7. The maximum absolute atomic E-state index is 13.7. The van der Waals surface area contributed by atoms with Crippen molar-refractivity contribution in [1.82, 2.24) is 10.2 Å². The number of carbonyl (C=O) groups excluding carboxylic acids is 2. The number of halogens is 2. The van der Waals surface area contributed by atoms with Crippen molar-refractivity contribution < 1.29 is 22.7 Å². The van der Waals surface area contributed by atoms with E-state index < -0.39 is 28.5 Å². The Balaban J connectivity index is 2.45. The van der Waals surface area contributed by atoms with Gasteiger partial charge in [0, 0.05) is 23.1 Å². The summed E-state index contributed by atoms with van der Waals surface area (Å²) in [6.45, 7) is 3.87. The topological polar surface area (TPSA) is 96.0 Å². The standard InChI is InChI=1S/C25H33Cl2N3O5S/c1-5-7-11-28-25(32)23(6-2)29(16-18-9-8-10-22(12-18)35-3)24(31)17-30(36(4,33)34)21-14-19(26)13-20(27)15-21/h8-10,12-15,23H,5-7,11,16-17H2,1-4H3,(H,28,32)/t23-/m1/s1. The van der Waals surface area contributed by atoms with Gasteiger partial charge < -0.3 is 15.0 Å². The number of hydrogen-bond acceptors (Lipinski definition) is 5. The number of benzene rings is 2. The Labute approximate surface area is 223 Å². The minimum atomic E-state index is -3.89. The van der Waals surface area contributed by atoms with Gasteiger partial charge in [0.15, 0.2) is 0 Å². The zero-order valence-corrected chi connectivity index (χ0v) is 23.3. The first-order valence-electron chi connectivity index (χ1n) is 11.6. The minimum absolute atomic E-state index is 0.0869. The number of carbonyl (C=O) groups is 2. The number of hydrogen-bond donors (Lipinski definition) is 1. The molecule has 36 heavy (non-hydrogen) atoms.